The predicted molar refractivity (Wildman–Crippen MR) is 59.7 cm³/mol. The molecule has 0 amide bonds. The van der Waals surface area contributed by atoms with Crippen LogP contribution in [0.3, 0.4) is 0 Å². The van der Waals surface area contributed by atoms with E-state index in [1.807, 2.05) is 42.5 Å². The summed E-state index contributed by atoms with van der Waals surface area (Å²) < 4.78 is 0. The number of pyridine rings is 1. The molecule has 3 heteroatoms. The fraction of sp³-hybridized carbons (Fsp3) is 0. The first-order chi connectivity index (χ1) is 6.90. The van der Waals surface area contributed by atoms with Crippen LogP contribution < -0.4 is 5.14 Å². The highest BCUT2D eigenvalue weighted by atomic mass is 32.2. The minimum absolute atomic E-state index is 0.987. The van der Waals surface area contributed by atoms with Crippen molar-refractivity contribution < 1.29 is 0 Å². The van der Waals surface area contributed by atoms with Gasteiger partial charge in [-0.2, -0.15) is 0 Å². The third kappa shape index (κ3) is 1.95. The molecule has 1 heterocycles. The second-order valence-corrected chi connectivity index (χ2v) is 3.56. The Balaban J connectivity index is 2.34. The van der Waals surface area contributed by atoms with Crippen molar-refractivity contribution >= 4 is 11.9 Å². The smallest absolute Gasteiger partial charge is 0.0701 e. The fourth-order valence-electron chi connectivity index (χ4n) is 1.24. The van der Waals surface area contributed by atoms with Gasteiger partial charge in [-0.25, -0.2) is 0 Å². The summed E-state index contributed by atoms with van der Waals surface area (Å²) in [7, 11) is 0. The molecule has 0 fully saturated rings. The molecule has 0 aliphatic carbocycles. The van der Waals surface area contributed by atoms with Gasteiger partial charge in [0.15, 0.2) is 0 Å². The van der Waals surface area contributed by atoms with Crippen LogP contribution in [0.25, 0.3) is 11.3 Å². The Morgan fingerprint density at radius 3 is 2.36 bits per heavy atom. The standard InChI is InChI=1S/C11H10N2S/c12-14-10-6-4-9(5-7-10)11-3-1-2-8-13-11/h1-8H,12H2. The van der Waals surface area contributed by atoms with Crippen LogP contribution in [0.5, 0.6) is 0 Å². The van der Waals surface area contributed by atoms with Crippen LogP contribution in [0.1, 0.15) is 0 Å². The SMILES string of the molecule is NSc1ccc(-c2ccccn2)cc1. The van der Waals surface area contributed by atoms with Crippen molar-refractivity contribution in [1.29, 1.82) is 0 Å². The Morgan fingerprint density at radius 2 is 1.79 bits per heavy atom. The van der Waals surface area contributed by atoms with Gasteiger partial charge in [0.1, 0.15) is 0 Å². The Hall–Kier alpha value is -1.32. The van der Waals surface area contributed by atoms with Gasteiger partial charge in [-0.1, -0.05) is 18.2 Å². The largest absolute Gasteiger partial charge is 0.274 e. The van der Waals surface area contributed by atoms with Gasteiger partial charge < -0.3 is 0 Å². The van der Waals surface area contributed by atoms with Crippen LogP contribution in [0.4, 0.5) is 0 Å². The Labute approximate surface area is 87.3 Å². The summed E-state index contributed by atoms with van der Waals surface area (Å²) in [5.41, 5.74) is 2.10. The summed E-state index contributed by atoms with van der Waals surface area (Å²) in [4.78, 5) is 5.33. The molecule has 0 radical (unpaired) electrons. The number of hydrogen-bond acceptors (Lipinski definition) is 3. The molecule has 0 unspecified atom stereocenters. The quantitative estimate of drug-likeness (QED) is 0.761. The number of nitrogens with two attached hydrogens (primary N) is 1. The molecule has 1 aromatic carbocycles. The van der Waals surface area contributed by atoms with Crippen LogP contribution in [-0.2, 0) is 0 Å². The summed E-state index contributed by atoms with van der Waals surface area (Å²) in [6.45, 7) is 0. The van der Waals surface area contributed by atoms with Gasteiger partial charge in [-0.15, -0.1) is 0 Å². The van der Waals surface area contributed by atoms with E-state index < -0.39 is 0 Å². The summed E-state index contributed by atoms with van der Waals surface area (Å²) >= 11 is 1.25. The zero-order valence-corrected chi connectivity index (χ0v) is 8.37. The van der Waals surface area contributed by atoms with E-state index in [2.05, 4.69) is 4.98 Å². The van der Waals surface area contributed by atoms with E-state index in [-0.39, 0.29) is 0 Å². The van der Waals surface area contributed by atoms with Crippen molar-refractivity contribution in [2.75, 3.05) is 0 Å². The Bertz CT molecular complexity index is 397. The van der Waals surface area contributed by atoms with Crippen LogP contribution in [0.15, 0.2) is 53.6 Å². The predicted octanol–water partition coefficient (Wildman–Crippen LogP) is 2.71. The Morgan fingerprint density at radius 1 is 1.00 bits per heavy atom. The molecule has 0 saturated carbocycles. The van der Waals surface area contributed by atoms with Gasteiger partial charge in [0.25, 0.3) is 0 Å². The van der Waals surface area contributed by atoms with E-state index in [0.29, 0.717) is 0 Å². The van der Waals surface area contributed by atoms with Gasteiger partial charge in [0, 0.05) is 16.7 Å². The lowest BCUT2D eigenvalue weighted by molar-refractivity contribution is 1.32. The van der Waals surface area contributed by atoms with E-state index >= 15 is 0 Å². The summed E-state index contributed by atoms with van der Waals surface area (Å²) in [5, 5.41) is 5.44. The molecule has 0 atom stereocenters. The fourth-order valence-corrected chi connectivity index (χ4v) is 1.53. The van der Waals surface area contributed by atoms with Crippen molar-refractivity contribution in [2.24, 2.45) is 5.14 Å². The number of nitrogens with zero attached hydrogens (tertiary/aromatic N) is 1. The van der Waals surface area contributed by atoms with Crippen LogP contribution in [0.2, 0.25) is 0 Å². The van der Waals surface area contributed by atoms with E-state index in [0.717, 1.165) is 16.2 Å². The molecule has 2 rings (SSSR count). The average Bonchev–Trinajstić information content (AvgIpc) is 2.30. The third-order valence-electron chi connectivity index (χ3n) is 1.95. The van der Waals surface area contributed by atoms with Crippen molar-refractivity contribution in [3.05, 3.63) is 48.7 Å². The highest BCUT2D eigenvalue weighted by molar-refractivity contribution is 7.97. The lowest BCUT2D eigenvalue weighted by Crippen LogP contribution is -1.83. The van der Waals surface area contributed by atoms with Gasteiger partial charge in [-0.3, -0.25) is 10.1 Å². The maximum atomic E-state index is 5.44. The second-order valence-electron chi connectivity index (χ2n) is 2.86. The minimum atomic E-state index is 0.987. The molecule has 0 aliphatic rings. The van der Waals surface area contributed by atoms with Crippen LogP contribution in [0, 0.1) is 0 Å². The number of hydrogen-bond donors (Lipinski definition) is 1. The number of benzene rings is 1. The van der Waals surface area contributed by atoms with E-state index in [9.17, 15) is 0 Å². The normalized spacial score (nSPS) is 10.1. The molecule has 2 aromatic rings. The van der Waals surface area contributed by atoms with E-state index in [1.54, 1.807) is 6.20 Å². The molecule has 1 aromatic heterocycles. The highest BCUT2D eigenvalue weighted by Crippen LogP contribution is 2.19. The summed E-state index contributed by atoms with van der Waals surface area (Å²) in [6.07, 6.45) is 1.79. The average molecular weight is 202 g/mol. The first-order valence-electron chi connectivity index (χ1n) is 4.28. The summed E-state index contributed by atoms with van der Waals surface area (Å²) in [5.74, 6) is 0. The van der Waals surface area contributed by atoms with Gasteiger partial charge in [-0.05, 0) is 36.2 Å². The zero-order chi connectivity index (χ0) is 9.80. The molecule has 70 valence electrons. The van der Waals surface area contributed by atoms with Gasteiger partial charge >= 0.3 is 0 Å². The van der Waals surface area contributed by atoms with Crippen LogP contribution in [-0.4, -0.2) is 4.98 Å². The topological polar surface area (TPSA) is 38.9 Å². The number of rotatable bonds is 2. The molecule has 0 spiro atoms. The van der Waals surface area contributed by atoms with Gasteiger partial charge in [0.05, 0.1) is 5.69 Å². The first kappa shape index (κ1) is 9.24. The lowest BCUT2D eigenvalue weighted by Gasteiger charge is -2.00. The monoisotopic (exact) mass is 202 g/mol. The van der Waals surface area contributed by atoms with Crippen molar-refractivity contribution in [3.63, 3.8) is 0 Å². The second kappa shape index (κ2) is 4.26. The maximum absolute atomic E-state index is 5.44. The molecule has 0 aliphatic heterocycles. The zero-order valence-electron chi connectivity index (χ0n) is 7.55. The molecule has 2 nitrogen and oxygen atoms in total. The van der Waals surface area contributed by atoms with E-state index in [4.69, 9.17) is 5.14 Å². The van der Waals surface area contributed by atoms with Crippen LogP contribution >= 0.6 is 11.9 Å². The van der Waals surface area contributed by atoms with Crippen molar-refractivity contribution in [3.8, 4) is 11.3 Å². The maximum Gasteiger partial charge on any atom is 0.0701 e. The molecular formula is C11H10N2S. The summed E-state index contributed by atoms with van der Waals surface area (Å²) in [6, 6.07) is 13.9. The van der Waals surface area contributed by atoms with Crippen molar-refractivity contribution in [2.45, 2.75) is 4.90 Å². The van der Waals surface area contributed by atoms with Crippen molar-refractivity contribution in [1.82, 2.24) is 4.98 Å². The highest BCUT2D eigenvalue weighted by Gasteiger charge is 1.97. The molecular weight excluding hydrogens is 192 g/mol. The molecule has 0 saturated heterocycles. The molecule has 0 bridgehead atoms. The lowest BCUT2D eigenvalue weighted by atomic mass is 10.1. The van der Waals surface area contributed by atoms with E-state index in [1.165, 1.54) is 11.9 Å². The Kier molecular flexibility index (Phi) is 2.81. The molecule has 14 heavy (non-hydrogen) atoms. The van der Waals surface area contributed by atoms with Gasteiger partial charge in [0.2, 0.25) is 0 Å². The first-order valence-corrected chi connectivity index (χ1v) is 5.16. The minimum Gasteiger partial charge on any atom is -0.274 e. The molecule has 2 N–H and O–H groups in total. The third-order valence-corrected chi connectivity index (χ3v) is 2.50. The number of aromatic nitrogens is 1.